The SMILES string of the molecule is O=C(Cn1c2c(sc1=O)C(c1ccco1)C1C3CCC(C3)C1S2)Nc1ccccc1. The minimum atomic E-state index is -0.172. The van der Waals surface area contributed by atoms with Gasteiger partial charge in [0.1, 0.15) is 12.3 Å². The maximum Gasteiger partial charge on any atom is 0.308 e. The number of hydrogen-bond acceptors (Lipinski definition) is 5. The molecule has 1 amide bonds. The molecule has 5 nitrogen and oxygen atoms in total. The largest absolute Gasteiger partial charge is 0.469 e. The number of benzene rings is 1. The van der Waals surface area contributed by atoms with Crippen LogP contribution < -0.4 is 10.2 Å². The molecule has 2 bridgehead atoms. The van der Waals surface area contributed by atoms with Crippen LogP contribution in [0.5, 0.6) is 0 Å². The van der Waals surface area contributed by atoms with E-state index in [1.807, 2.05) is 54.2 Å². The second-order valence-corrected chi connectivity index (χ2v) is 10.7. The predicted octanol–water partition coefficient (Wildman–Crippen LogP) is 4.79. The third-order valence-corrected chi connectivity index (χ3v) is 9.73. The zero-order valence-electron chi connectivity index (χ0n) is 16.3. The fourth-order valence-corrected chi connectivity index (χ4v) is 8.87. The lowest BCUT2D eigenvalue weighted by Gasteiger charge is -2.39. The number of carbonyl (C=O) groups is 1. The summed E-state index contributed by atoms with van der Waals surface area (Å²) in [4.78, 5) is 26.7. The quantitative estimate of drug-likeness (QED) is 0.636. The summed E-state index contributed by atoms with van der Waals surface area (Å²) in [5, 5.41) is 4.38. The molecule has 3 aliphatic rings. The summed E-state index contributed by atoms with van der Waals surface area (Å²) >= 11 is 3.13. The van der Waals surface area contributed by atoms with Crippen molar-refractivity contribution < 1.29 is 9.21 Å². The fraction of sp³-hybridized carbons (Fsp3) is 0.391. The van der Waals surface area contributed by atoms with E-state index in [4.69, 9.17) is 4.42 Å². The standard InChI is InChI=1S/C23H22N2O3S2/c26-17(24-15-5-2-1-3-6-15)12-25-22-21(30-23(25)27)19(16-7-4-10-28-16)18-13-8-9-14(11-13)20(18)29-22/h1-7,10,13-14,18-20H,8-9,11-12H2,(H,24,26). The molecule has 5 atom stereocenters. The molecule has 2 saturated carbocycles. The third kappa shape index (κ3) is 2.90. The average molecular weight is 439 g/mol. The van der Waals surface area contributed by atoms with E-state index in [9.17, 15) is 9.59 Å². The Bertz CT molecular complexity index is 1140. The Morgan fingerprint density at radius 1 is 1.13 bits per heavy atom. The van der Waals surface area contributed by atoms with E-state index in [-0.39, 0.29) is 23.2 Å². The van der Waals surface area contributed by atoms with Gasteiger partial charge in [0, 0.05) is 10.9 Å². The molecule has 30 heavy (non-hydrogen) atoms. The number of nitrogens with one attached hydrogen (secondary N) is 1. The van der Waals surface area contributed by atoms with Crippen LogP contribution in [0.2, 0.25) is 0 Å². The second kappa shape index (κ2) is 7.17. The van der Waals surface area contributed by atoms with E-state index >= 15 is 0 Å². The normalized spacial score (nSPS) is 28.9. The van der Waals surface area contributed by atoms with Crippen molar-refractivity contribution in [1.82, 2.24) is 4.57 Å². The van der Waals surface area contributed by atoms with Gasteiger partial charge in [0.05, 0.1) is 22.1 Å². The van der Waals surface area contributed by atoms with E-state index in [1.165, 1.54) is 30.6 Å². The van der Waals surface area contributed by atoms with Crippen LogP contribution in [-0.2, 0) is 11.3 Å². The summed E-state index contributed by atoms with van der Waals surface area (Å²) in [6.07, 6.45) is 5.58. The van der Waals surface area contributed by atoms with Crippen molar-refractivity contribution in [2.45, 2.75) is 42.0 Å². The maximum atomic E-state index is 13.0. The Balaban J connectivity index is 1.37. The van der Waals surface area contributed by atoms with Crippen LogP contribution in [0.15, 0.2) is 63.0 Å². The van der Waals surface area contributed by atoms with Crippen molar-refractivity contribution in [3.05, 3.63) is 69.0 Å². The summed E-state index contributed by atoms with van der Waals surface area (Å²) in [6, 6.07) is 13.4. The number of amides is 1. The van der Waals surface area contributed by atoms with Crippen molar-refractivity contribution in [2.24, 2.45) is 17.8 Å². The Hall–Kier alpha value is -2.25. The molecule has 7 heteroatoms. The lowest BCUT2D eigenvalue weighted by molar-refractivity contribution is -0.116. The van der Waals surface area contributed by atoms with Crippen molar-refractivity contribution in [3.63, 3.8) is 0 Å². The van der Waals surface area contributed by atoms with E-state index in [2.05, 4.69) is 5.32 Å². The number of fused-ring (bicyclic) bond motifs is 6. The second-order valence-electron chi connectivity index (χ2n) is 8.52. The summed E-state index contributed by atoms with van der Waals surface area (Å²) in [5.74, 6) is 2.86. The zero-order valence-corrected chi connectivity index (χ0v) is 18.0. The summed E-state index contributed by atoms with van der Waals surface area (Å²) in [5.41, 5.74) is 0.744. The molecule has 0 saturated heterocycles. The van der Waals surface area contributed by atoms with Gasteiger partial charge in [0.25, 0.3) is 0 Å². The van der Waals surface area contributed by atoms with Gasteiger partial charge in [-0.2, -0.15) is 0 Å². The first-order valence-corrected chi connectivity index (χ1v) is 12.2. The molecular weight excluding hydrogens is 416 g/mol. The van der Waals surface area contributed by atoms with Crippen LogP contribution in [0.3, 0.4) is 0 Å². The molecule has 1 aliphatic heterocycles. The molecule has 2 aliphatic carbocycles. The molecule has 3 aromatic rings. The van der Waals surface area contributed by atoms with E-state index in [0.29, 0.717) is 23.0 Å². The number of nitrogens with zero attached hydrogens (tertiary/aromatic N) is 1. The van der Waals surface area contributed by atoms with Gasteiger partial charge in [-0.05, 0) is 61.3 Å². The number of furan rings is 1. The molecule has 0 spiro atoms. The van der Waals surface area contributed by atoms with Crippen LogP contribution in [0, 0.1) is 17.8 Å². The Kier molecular flexibility index (Phi) is 4.42. The summed E-state index contributed by atoms with van der Waals surface area (Å²) < 4.78 is 7.54. The molecule has 2 fully saturated rings. The average Bonchev–Trinajstić information content (AvgIpc) is 3.53. The first-order chi connectivity index (χ1) is 14.7. The number of rotatable bonds is 4. The van der Waals surface area contributed by atoms with Crippen LogP contribution in [-0.4, -0.2) is 15.7 Å². The Morgan fingerprint density at radius 2 is 1.97 bits per heavy atom. The van der Waals surface area contributed by atoms with Crippen LogP contribution >= 0.6 is 23.1 Å². The number of hydrogen-bond donors (Lipinski definition) is 1. The number of para-hydroxylation sites is 1. The Morgan fingerprint density at radius 3 is 2.77 bits per heavy atom. The molecule has 1 N–H and O–H groups in total. The molecule has 154 valence electrons. The zero-order chi connectivity index (χ0) is 20.2. The summed E-state index contributed by atoms with van der Waals surface area (Å²) in [7, 11) is 0. The van der Waals surface area contributed by atoms with Gasteiger partial charge in [0.2, 0.25) is 5.91 Å². The number of anilines is 1. The highest BCUT2D eigenvalue weighted by molar-refractivity contribution is 8.00. The van der Waals surface area contributed by atoms with Crippen LogP contribution in [0.25, 0.3) is 0 Å². The van der Waals surface area contributed by atoms with Gasteiger partial charge in [-0.15, -0.1) is 11.8 Å². The molecule has 6 rings (SSSR count). The number of thioether (sulfide) groups is 1. The number of carbonyl (C=O) groups excluding carboxylic acids is 1. The third-order valence-electron chi connectivity index (χ3n) is 6.90. The number of thiazole rings is 1. The first kappa shape index (κ1) is 18.5. The topological polar surface area (TPSA) is 64.2 Å². The van der Waals surface area contributed by atoms with Crippen molar-refractivity contribution in [3.8, 4) is 0 Å². The molecule has 5 unspecified atom stereocenters. The van der Waals surface area contributed by atoms with Crippen LogP contribution in [0.1, 0.15) is 35.8 Å². The monoisotopic (exact) mass is 438 g/mol. The highest BCUT2D eigenvalue weighted by Crippen LogP contribution is 2.64. The van der Waals surface area contributed by atoms with Gasteiger partial charge >= 0.3 is 4.87 Å². The predicted molar refractivity (Wildman–Crippen MR) is 118 cm³/mol. The van der Waals surface area contributed by atoms with Gasteiger partial charge < -0.3 is 9.73 Å². The van der Waals surface area contributed by atoms with E-state index in [0.717, 1.165) is 21.4 Å². The van der Waals surface area contributed by atoms with Gasteiger partial charge in [-0.3, -0.25) is 14.2 Å². The summed E-state index contributed by atoms with van der Waals surface area (Å²) in [6.45, 7) is 0.0446. The van der Waals surface area contributed by atoms with E-state index in [1.54, 1.807) is 10.8 Å². The molecule has 1 aromatic carbocycles. The Labute approximate surface area is 182 Å². The maximum absolute atomic E-state index is 13.0. The van der Waals surface area contributed by atoms with E-state index < -0.39 is 0 Å². The minimum Gasteiger partial charge on any atom is -0.469 e. The lowest BCUT2D eigenvalue weighted by atomic mass is 9.77. The van der Waals surface area contributed by atoms with Crippen molar-refractivity contribution >= 4 is 34.7 Å². The molecule has 2 aromatic heterocycles. The molecular formula is C23H22N2O3S2. The van der Waals surface area contributed by atoms with Crippen molar-refractivity contribution in [2.75, 3.05) is 5.32 Å². The molecule has 0 radical (unpaired) electrons. The van der Waals surface area contributed by atoms with Crippen molar-refractivity contribution in [1.29, 1.82) is 0 Å². The lowest BCUT2D eigenvalue weighted by Crippen LogP contribution is -2.34. The first-order valence-electron chi connectivity index (χ1n) is 10.5. The minimum absolute atomic E-state index is 0.0446. The number of aromatic nitrogens is 1. The van der Waals surface area contributed by atoms with Crippen LogP contribution in [0.4, 0.5) is 5.69 Å². The highest BCUT2D eigenvalue weighted by Gasteiger charge is 2.55. The van der Waals surface area contributed by atoms with Gasteiger partial charge in [0.15, 0.2) is 0 Å². The fourth-order valence-electron chi connectivity index (χ4n) is 5.74. The van der Waals surface area contributed by atoms with Gasteiger partial charge in [-0.25, -0.2) is 0 Å². The highest BCUT2D eigenvalue weighted by atomic mass is 32.2. The smallest absolute Gasteiger partial charge is 0.308 e. The van der Waals surface area contributed by atoms with Gasteiger partial charge in [-0.1, -0.05) is 29.5 Å². The molecule has 3 heterocycles.